The second kappa shape index (κ2) is 8.00. The largest absolute Gasteiger partial charge is 0.618 e. The number of rotatable bonds is 5. The second-order valence-electron chi connectivity index (χ2n) is 6.71. The molecule has 0 spiro atoms. The molecule has 0 aliphatic carbocycles. The number of benzene rings is 2. The van der Waals surface area contributed by atoms with E-state index >= 15 is 0 Å². The lowest BCUT2D eigenvalue weighted by atomic mass is 10.2. The van der Waals surface area contributed by atoms with Crippen LogP contribution < -0.4 is 20.1 Å². The normalized spacial score (nSPS) is 11.0. The van der Waals surface area contributed by atoms with Gasteiger partial charge in [-0.05, 0) is 24.3 Å². The summed E-state index contributed by atoms with van der Waals surface area (Å²) in [5, 5.41) is 32.5. The molecule has 4 rings (SSSR count). The number of carbonyl (C=O) groups is 1. The molecule has 2 aromatic carbocycles. The van der Waals surface area contributed by atoms with Gasteiger partial charge in [-0.2, -0.15) is 4.73 Å². The first kappa shape index (κ1) is 19.7. The van der Waals surface area contributed by atoms with Crippen molar-refractivity contribution in [1.29, 1.82) is 0 Å². The summed E-state index contributed by atoms with van der Waals surface area (Å²) in [7, 11) is 0. The van der Waals surface area contributed by atoms with E-state index in [2.05, 4.69) is 15.6 Å². The first-order valence-electron chi connectivity index (χ1n) is 9.28. The summed E-state index contributed by atoms with van der Waals surface area (Å²) < 4.78 is 1.10. The molecule has 152 valence electrons. The first-order chi connectivity index (χ1) is 14.5. The second-order valence-corrected chi connectivity index (χ2v) is 7.15. The lowest BCUT2D eigenvalue weighted by Crippen LogP contribution is -2.49. The maximum absolute atomic E-state index is 12.6. The zero-order chi connectivity index (χ0) is 21.3. The number of hydrogen-bond donors (Lipinski definition) is 2. The number of para-hydroxylation sites is 2. The molecule has 0 radical (unpaired) electrons. The Hall–Kier alpha value is -3.65. The number of aromatic nitrogens is 3. The molecule has 0 atom stereocenters. The van der Waals surface area contributed by atoms with E-state index in [-0.39, 0.29) is 29.0 Å². The van der Waals surface area contributed by atoms with Gasteiger partial charge in [0.25, 0.3) is 16.7 Å². The molecule has 1 amide bonds. The lowest BCUT2D eigenvalue weighted by Gasteiger charge is -2.12. The van der Waals surface area contributed by atoms with Crippen LogP contribution in [0, 0.1) is 17.3 Å². The van der Waals surface area contributed by atoms with Gasteiger partial charge in [-0.25, -0.2) is 0 Å². The predicted molar refractivity (Wildman–Crippen MR) is 114 cm³/mol. The molecule has 0 aliphatic heterocycles. The number of pyridine rings is 1. The molecular formula is C21H18ClN5O3. The number of halogens is 1. The predicted octanol–water partition coefficient (Wildman–Crippen LogP) is 2.46. The minimum absolute atomic E-state index is 0.0474. The van der Waals surface area contributed by atoms with Crippen molar-refractivity contribution < 1.29 is 14.3 Å². The van der Waals surface area contributed by atoms with Gasteiger partial charge in [-0.15, -0.1) is 4.73 Å². The molecule has 8 nitrogen and oxygen atoms in total. The summed E-state index contributed by atoms with van der Waals surface area (Å²) in [4.78, 5) is 16.9. The Morgan fingerprint density at radius 1 is 1.07 bits per heavy atom. The summed E-state index contributed by atoms with van der Waals surface area (Å²) in [6.45, 7) is 2.12. The van der Waals surface area contributed by atoms with Crippen LogP contribution in [0.5, 0.6) is 0 Å². The molecule has 0 aliphatic rings. The van der Waals surface area contributed by atoms with Crippen LogP contribution in [0.25, 0.3) is 21.9 Å². The molecule has 4 aromatic rings. The molecule has 0 fully saturated rings. The van der Waals surface area contributed by atoms with Gasteiger partial charge in [0.1, 0.15) is 0 Å². The van der Waals surface area contributed by atoms with Crippen LogP contribution in [0.2, 0.25) is 5.02 Å². The van der Waals surface area contributed by atoms with Gasteiger partial charge < -0.3 is 21.0 Å². The van der Waals surface area contributed by atoms with Crippen LogP contribution in [0.3, 0.4) is 0 Å². The molecule has 2 N–H and O–H groups in total. The molecule has 2 aromatic heterocycles. The van der Waals surface area contributed by atoms with Crippen LogP contribution in [-0.2, 0) is 0 Å². The molecule has 0 unspecified atom stereocenters. The number of amides is 1. The Balaban J connectivity index is 1.48. The zero-order valence-corrected chi connectivity index (χ0v) is 16.8. The standard InChI is InChI=1S/C21H18ClN5O3/c1-13-20(27(30)19-5-3-2-4-18(19)26(13)29)21(28)25-11-10-24-16-8-9-23-17-12-14(22)6-7-15(16)17/h2-9,12H,10-11H2,1H3,(H,23,24)(H,25,28). The van der Waals surface area contributed by atoms with E-state index in [9.17, 15) is 15.2 Å². The highest BCUT2D eigenvalue weighted by Crippen LogP contribution is 2.24. The Labute approximate surface area is 176 Å². The van der Waals surface area contributed by atoms with Gasteiger partial charge in [-0.3, -0.25) is 9.78 Å². The SMILES string of the molecule is Cc1c(C(=O)NCCNc2ccnc3cc(Cl)ccc23)[n+]([O-])c2ccccc2[n+]1[O-]. The Bertz CT molecular complexity index is 1280. The summed E-state index contributed by atoms with van der Waals surface area (Å²) in [6, 6.07) is 13.6. The van der Waals surface area contributed by atoms with E-state index in [4.69, 9.17) is 11.6 Å². The maximum Gasteiger partial charge on any atom is 0.350 e. The summed E-state index contributed by atoms with van der Waals surface area (Å²) >= 11 is 6.00. The van der Waals surface area contributed by atoms with E-state index in [1.165, 1.54) is 13.0 Å². The average Bonchev–Trinajstić information content (AvgIpc) is 2.75. The fourth-order valence-electron chi connectivity index (χ4n) is 3.34. The molecule has 0 saturated heterocycles. The Morgan fingerprint density at radius 3 is 2.57 bits per heavy atom. The number of nitrogens with one attached hydrogen (secondary N) is 2. The van der Waals surface area contributed by atoms with Gasteiger partial charge in [0.15, 0.2) is 0 Å². The van der Waals surface area contributed by atoms with Crippen LogP contribution in [0.15, 0.2) is 54.7 Å². The van der Waals surface area contributed by atoms with Gasteiger partial charge in [0, 0.05) is 54.4 Å². The molecule has 0 bridgehead atoms. The minimum atomic E-state index is -0.606. The van der Waals surface area contributed by atoms with Crippen molar-refractivity contribution in [2.75, 3.05) is 18.4 Å². The fourth-order valence-corrected chi connectivity index (χ4v) is 3.51. The van der Waals surface area contributed by atoms with Crippen molar-refractivity contribution >= 4 is 45.1 Å². The van der Waals surface area contributed by atoms with E-state index in [1.807, 2.05) is 12.1 Å². The van der Waals surface area contributed by atoms with E-state index < -0.39 is 5.91 Å². The third kappa shape index (κ3) is 3.53. The quantitative estimate of drug-likeness (QED) is 0.291. The highest BCUT2D eigenvalue weighted by molar-refractivity contribution is 6.31. The third-order valence-corrected chi connectivity index (χ3v) is 5.05. The van der Waals surface area contributed by atoms with Gasteiger partial charge in [0.05, 0.1) is 5.52 Å². The van der Waals surface area contributed by atoms with Gasteiger partial charge in [-0.1, -0.05) is 23.7 Å². The van der Waals surface area contributed by atoms with Crippen molar-refractivity contribution in [3.8, 4) is 0 Å². The average molecular weight is 424 g/mol. The van der Waals surface area contributed by atoms with Crippen molar-refractivity contribution in [2.24, 2.45) is 0 Å². The highest BCUT2D eigenvalue weighted by atomic mass is 35.5. The minimum Gasteiger partial charge on any atom is -0.618 e. The Kier molecular flexibility index (Phi) is 5.24. The summed E-state index contributed by atoms with van der Waals surface area (Å²) in [5.74, 6) is -0.606. The van der Waals surface area contributed by atoms with Crippen molar-refractivity contribution in [3.05, 3.63) is 81.6 Å². The van der Waals surface area contributed by atoms with Crippen LogP contribution in [-0.4, -0.2) is 24.0 Å². The van der Waals surface area contributed by atoms with Gasteiger partial charge in [0.2, 0.25) is 0 Å². The number of anilines is 1. The highest BCUT2D eigenvalue weighted by Gasteiger charge is 2.30. The number of nitrogens with zero attached hydrogens (tertiary/aromatic N) is 3. The number of fused-ring (bicyclic) bond motifs is 2. The van der Waals surface area contributed by atoms with E-state index in [1.54, 1.807) is 36.5 Å². The van der Waals surface area contributed by atoms with Crippen LogP contribution in [0.4, 0.5) is 5.69 Å². The van der Waals surface area contributed by atoms with E-state index in [0.717, 1.165) is 16.6 Å². The molecule has 30 heavy (non-hydrogen) atoms. The van der Waals surface area contributed by atoms with Gasteiger partial charge >= 0.3 is 11.6 Å². The zero-order valence-electron chi connectivity index (χ0n) is 16.1. The summed E-state index contributed by atoms with van der Waals surface area (Å²) in [5.41, 5.74) is 1.80. The van der Waals surface area contributed by atoms with Crippen molar-refractivity contribution in [1.82, 2.24) is 10.3 Å². The number of hydrogen-bond acceptors (Lipinski definition) is 5. The fraction of sp³-hybridized carbons (Fsp3) is 0.143. The molecule has 9 heteroatoms. The van der Waals surface area contributed by atoms with Crippen molar-refractivity contribution in [3.63, 3.8) is 0 Å². The van der Waals surface area contributed by atoms with E-state index in [0.29, 0.717) is 21.0 Å². The van der Waals surface area contributed by atoms with Crippen molar-refractivity contribution in [2.45, 2.75) is 6.92 Å². The van der Waals surface area contributed by atoms with Crippen LogP contribution in [0.1, 0.15) is 16.2 Å². The third-order valence-electron chi connectivity index (χ3n) is 4.82. The monoisotopic (exact) mass is 423 g/mol. The maximum atomic E-state index is 12.6. The first-order valence-corrected chi connectivity index (χ1v) is 9.66. The lowest BCUT2D eigenvalue weighted by molar-refractivity contribution is -0.635. The molecule has 0 saturated carbocycles. The molecular weight excluding hydrogens is 406 g/mol. The topological polar surface area (TPSA) is 108 Å². The Morgan fingerprint density at radius 2 is 1.80 bits per heavy atom. The molecule has 2 heterocycles. The van der Waals surface area contributed by atoms with Crippen LogP contribution >= 0.6 is 11.6 Å². The summed E-state index contributed by atoms with van der Waals surface area (Å²) in [6.07, 6.45) is 1.67. The number of carbonyl (C=O) groups excluding carboxylic acids is 1. The smallest absolute Gasteiger partial charge is 0.350 e.